The normalized spacial score (nSPS) is 11.5. The van der Waals surface area contributed by atoms with E-state index < -0.39 is 5.41 Å². The third-order valence-corrected chi connectivity index (χ3v) is 2.54. The predicted octanol–water partition coefficient (Wildman–Crippen LogP) is 1.10. The number of carbonyl (C=O) groups excluding carboxylic acids is 1. The molecule has 0 fully saturated rings. The van der Waals surface area contributed by atoms with Gasteiger partial charge in [-0.2, -0.15) is 0 Å². The van der Waals surface area contributed by atoms with Crippen LogP contribution in [0.4, 0.5) is 0 Å². The van der Waals surface area contributed by atoms with Crippen molar-refractivity contribution < 1.29 is 9.90 Å². The van der Waals surface area contributed by atoms with Crippen molar-refractivity contribution in [2.24, 2.45) is 5.73 Å². The Morgan fingerprint density at radius 3 is 2.53 bits per heavy atom. The lowest BCUT2D eigenvalue weighted by molar-refractivity contribution is 0.0998. The van der Waals surface area contributed by atoms with Crippen LogP contribution in [0.3, 0.4) is 0 Å². The molecule has 0 spiro atoms. The molecule has 0 radical (unpaired) electrons. The Morgan fingerprint density at radius 2 is 2.00 bits per heavy atom. The highest BCUT2D eigenvalue weighted by atomic mass is 16.3. The summed E-state index contributed by atoms with van der Waals surface area (Å²) >= 11 is 0. The summed E-state index contributed by atoms with van der Waals surface area (Å²) in [5.74, 6) is -0.0906. The molecule has 3 heteroatoms. The first-order chi connectivity index (χ1) is 7.03. The number of hydrogen-bond acceptors (Lipinski definition) is 3. The van der Waals surface area contributed by atoms with Crippen molar-refractivity contribution >= 4 is 5.78 Å². The van der Waals surface area contributed by atoms with Gasteiger partial charge in [-0.3, -0.25) is 4.79 Å². The van der Waals surface area contributed by atoms with Gasteiger partial charge < -0.3 is 10.8 Å². The van der Waals surface area contributed by atoms with Gasteiger partial charge in [0.25, 0.3) is 0 Å². The first-order valence-electron chi connectivity index (χ1n) is 4.96. The first kappa shape index (κ1) is 11.9. The van der Waals surface area contributed by atoms with Crippen molar-refractivity contribution in [3.8, 4) is 0 Å². The van der Waals surface area contributed by atoms with Gasteiger partial charge in [-0.1, -0.05) is 38.1 Å². The third kappa shape index (κ3) is 2.43. The monoisotopic (exact) mass is 207 g/mol. The highest BCUT2D eigenvalue weighted by Crippen LogP contribution is 2.25. The summed E-state index contributed by atoms with van der Waals surface area (Å²) in [5.41, 5.74) is 6.39. The molecule has 0 saturated carbocycles. The molecule has 0 amide bonds. The summed E-state index contributed by atoms with van der Waals surface area (Å²) in [6, 6.07) is 7.28. The molecule has 0 atom stereocenters. The van der Waals surface area contributed by atoms with Crippen LogP contribution in [0.25, 0.3) is 0 Å². The Kier molecular flexibility index (Phi) is 3.61. The van der Waals surface area contributed by atoms with Crippen LogP contribution < -0.4 is 5.73 Å². The second-order valence-electron chi connectivity index (χ2n) is 4.21. The summed E-state index contributed by atoms with van der Waals surface area (Å²) in [7, 11) is 0. The molecule has 0 bridgehead atoms. The van der Waals surface area contributed by atoms with Crippen molar-refractivity contribution in [2.45, 2.75) is 19.3 Å². The molecule has 82 valence electrons. The number of aliphatic hydroxyl groups excluding tert-OH is 1. The van der Waals surface area contributed by atoms with E-state index in [2.05, 4.69) is 0 Å². The molecule has 3 nitrogen and oxygen atoms in total. The standard InChI is InChI=1S/C12H17NO2/c1-12(2,8-14)10-6-4-3-5-9(10)11(15)7-13/h3-6,14H,7-8,13H2,1-2H3. The van der Waals surface area contributed by atoms with Gasteiger partial charge in [0.2, 0.25) is 0 Å². The van der Waals surface area contributed by atoms with Crippen molar-refractivity contribution in [3.05, 3.63) is 35.4 Å². The molecule has 15 heavy (non-hydrogen) atoms. The van der Waals surface area contributed by atoms with Gasteiger partial charge in [0.15, 0.2) is 5.78 Å². The van der Waals surface area contributed by atoms with Crippen molar-refractivity contribution in [1.82, 2.24) is 0 Å². The van der Waals surface area contributed by atoms with Crippen molar-refractivity contribution in [2.75, 3.05) is 13.2 Å². The van der Waals surface area contributed by atoms with Crippen LogP contribution in [-0.2, 0) is 5.41 Å². The minimum absolute atomic E-state index is 0.00147. The number of aliphatic hydroxyl groups is 1. The average molecular weight is 207 g/mol. The maximum atomic E-state index is 11.6. The van der Waals surface area contributed by atoms with E-state index in [-0.39, 0.29) is 18.9 Å². The Morgan fingerprint density at radius 1 is 1.40 bits per heavy atom. The predicted molar refractivity (Wildman–Crippen MR) is 59.9 cm³/mol. The highest BCUT2D eigenvalue weighted by Gasteiger charge is 2.24. The smallest absolute Gasteiger partial charge is 0.176 e. The lowest BCUT2D eigenvalue weighted by Crippen LogP contribution is -2.26. The Hall–Kier alpha value is -1.19. The van der Waals surface area contributed by atoms with Gasteiger partial charge >= 0.3 is 0 Å². The van der Waals surface area contributed by atoms with Gasteiger partial charge in [0.1, 0.15) is 0 Å². The summed E-state index contributed by atoms with van der Waals surface area (Å²) in [6.07, 6.45) is 0. The SMILES string of the molecule is CC(C)(CO)c1ccccc1C(=O)CN. The van der Waals surface area contributed by atoms with Gasteiger partial charge in [0.05, 0.1) is 13.2 Å². The fourth-order valence-electron chi connectivity index (χ4n) is 1.51. The number of rotatable bonds is 4. The zero-order valence-corrected chi connectivity index (χ0v) is 9.16. The second-order valence-corrected chi connectivity index (χ2v) is 4.21. The van der Waals surface area contributed by atoms with E-state index in [0.29, 0.717) is 5.56 Å². The molecular weight excluding hydrogens is 190 g/mol. The van der Waals surface area contributed by atoms with Crippen LogP contribution in [0.15, 0.2) is 24.3 Å². The lowest BCUT2D eigenvalue weighted by Gasteiger charge is -2.24. The minimum Gasteiger partial charge on any atom is -0.395 e. The Labute approximate surface area is 89.9 Å². The molecule has 0 aliphatic carbocycles. The van der Waals surface area contributed by atoms with Gasteiger partial charge in [-0.25, -0.2) is 0 Å². The van der Waals surface area contributed by atoms with Crippen LogP contribution in [0, 0.1) is 0 Å². The minimum atomic E-state index is -0.415. The number of ketones is 1. The van der Waals surface area contributed by atoms with E-state index in [1.807, 2.05) is 26.0 Å². The van der Waals surface area contributed by atoms with E-state index in [1.165, 1.54) is 0 Å². The van der Waals surface area contributed by atoms with E-state index in [1.54, 1.807) is 12.1 Å². The van der Waals surface area contributed by atoms with Crippen molar-refractivity contribution in [1.29, 1.82) is 0 Å². The molecule has 0 saturated heterocycles. The maximum Gasteiger partial charge on any atom is 0.176 e. The number of carbonyl (C=O) groups is 1. The zero-order chi connectivity index (χ0) is 11.5. The van der Waals surface area contributed by atoms with Crippen LogP contribution in [-0.4, -0.2) is 24.0 Å². The van der Waals surface area contributed by atoms with E-state index in [9.17, 15) is 9.90 Å². The Bertz CT molecular complexity index is 358. The van der Waals surface area contributed by atoms with Crippen molar-refractivity contribution in [3.63, 3.8) is 0 Å². The molecule has 0 aliphatic rings. The van der Waals surface area contributed by atoms with E-state index in [4.69, 9.17) is 5.73 Å². The number of Topliss-reactive ketones (excluding diaryl/α,β-unsaturated/α-hetero) is 1. The van der Waals surface area contributed by atoms with Gasteiger partial charge in [-0.05, 0) is 5.56 Å². The summed E-state index contributed by atoms with van der Waals surface area (Å²) in [4.78, 5) is 11.6. The van der Waals surface area contributed by atoms with Crippen LogP contribution in [0.5, 0.6) is 0 Å². The topological polar surface area (TPSA) is 63.3 Å². The molecular formula is C12H17NO2. The molecule has 0 heterocycles. The molecule has 1 aromatic rings. The molecule has 3 N–H and O–H groups in total. The Balaban J connectivity index is 3.23. The highest BCUT2D eigenvalue weighted by molar-refractivity contribution is 5.99. The second kappa shape index (κ2) is 4.55. The van der Waals surface area contributed by atoms with Crippen LogP contribution in [0.1, 0.15) is 29.8 Å². The lowest BCUT2D eigenvalue weighted by atomic mass is 9.81. The number of benzene rings is 1. The molecule has 0 unspecified atom stereocenters. The van der Waals surface area contributed by atoms with Gasteiger partial charge in [0, 0.05) is 11.0 Å². The fourth-order valence-corrected chi connectivity index (χ4v) is 1.51. The fraction of sp³-hybridized carbons (Fsp3) is 0.417. The first-order valence-corrected chi connectivity index (χ1v) is 4.96. The third-order valence-electron chi connectivity index (χ3n) is 2.54. The summed E-state index contributed by atoms with van der Waals surface area (Å²) in [6.45, 7) is 3.80. The molecule has 0 aromatic heterocycles. The van der Waals surface area contributed by atoms with E-state index in [0.717, 1.165) is 5.56 Å². The average Bonchev–Trinajstić information content (AvgIpc) is 2.28. The number of hydrogen-bond donors (Lipinski definition) is 2. The number of nitrogens with two attached hydrogens (primary N) is 1. The van der Waals surface area contributed by atoms with E-state index >= 15 is 0 Å². The molecule has 0 aliphatic heterocycles. The molecule has 1 rings (SSSR count). The van der Waals surface area contributed by atoms with Gasteiger partial charge in [-0.15, -0.1) is 0 Å². The summed E-state index contributed by atoms with van der Waals surface area (Å²) in [5, 5.41) is 9.28. The van der Waals surface area contributed by atoms with Crippen LogP contribution >= 0.6 is 0 Å². The van der Waals surface area contributed by atoms with Crippen LogP contribution in [0.2, 0.25) is 0 Å². The maximum absolute atomic E-state index is 11.6. The molecule has 1 aromatic carbocycles. The largest absolute Gasteiger partial charge is 0.395 e. The summed E-state index contributed by atoms with van der Waals surface area (Å²) < 4.78 is 0. The quantitative estimate of drug-likeness (QED) is 0.727. The zero-order valence-electron chi connectivity index (χ0n) is 9.16.